The monoisotopic (exact) mass is 416 g/mol. The van der Waals surface area contributed by atoms with Gasteiger partial charge in [-0.2, -0.15) is 0 Å². The first-order valence-corrected chi connectivity index (χ1v) is 10.4. The fourth-order valence-electron chi connectivity index (χ4n) is 3.63. The first-order valence-electron chi connectivity index (χ1n) is 10.0. The molecule has 7 heteroatoms. The molecule has 1 atom stereocenters. The molecule has 1 aliphatic heterocycles. The maximum absolute atomic E-state index is 12.9. The molecular formula is C22H29ClN4O2. The van der Waals surface area contributed by atoms with Crippen molar-refractivity contribution in [3.05, 3.63) is 59.4 Å². The van der Waals surface area contributed by atoms with Gasteiger partial charge in [-0.15, -0.1) is 0 Å². The van der Waals surface area contributed by atoms with Gasteiger partial charge in [0, 0.05) is 43.1 Å². The summed E-state index contributed by atoms with van der Waals surface area (Å²) >= 11 is 5.89. The summed E-state index contributed by atoms with van der Waals surface area (Å²) in [4.78, 5) is 21.3. The zero-order valence-electron chi connectivity index (χ0n) is 17.1. The molecule has 1 amide bonds. The number of piperidine rings is 1. The van der Waals surface area contributed by atoms with Gasteiger partial charge in [0.2, 0.25) is 5.91 Å². The van der Waals surface area contributed by atoms with Gasteiger partial charge in [0.1, 0.15) is 18.4 Å². The zero-order valence-corrected chi connectivity index (χ0v) is 17.8. The average molecular weight is 417 g/mol. The molecule has 2 heterocycles. The first kappa shape index (κ1) is 21.6. The molecule has 0 aliphatic carbocycles. The SMILES string of the molecule is CN(C)[C@H](C(=O)NC1CCN(CCOc2ccc(Cl)cc2)CC1)c1cccnc1. The highest BCUT2D eigenvalue weighted by molar-refractivity contribution is 6.30. The van der Waals surface area contributed by atoms with Crippen LogP contribution in [0, 0.1) is 0 Å². The number of benzene rings is 1. The standard InChI is InChI=1S/C22H29ClN4O2/c1-26(2)21(17-4-3-11-24-16-17)22(28)25-19-9-12-27(13-10-19)14-15-29-20-7-5-18(23)6-8-20/h3-8,11,16,19,21H,9-10,12-15H2,1-2H3,(H,25,28)/t21-/m0/s1. The second kappa shape index (κ2) is 10.6. The molecule has 6 nitrogen and oxygen atoms in total. The molecule has 3 rings (SSSR count). The van der Waals surface area contributed by atoms with Gasteiger partial charge < -0.3 is 10.1 Å². The Kier molecular flexibility index (Phi) is 7.86. The molecule has 1 aliphatic rings. The fourth-order valence-corrected chi connectivity index (χ4v) is 3.75. The fraction of sp³-hybridized carbons (Fsp3) is 0.455. The van der Waals surface area contributed by atoms with Crippen molar-refractivity contribution in [3.63, 3.8) is 0 Å². The molecule has 1 aromatic heterocycles. The van der Waals surface area contributed by atoms with Gasteiger partial charge >= 0.3 is 0 Å². The molecule has 0 bridgehead atoms. The number of halogens is 1. The van der Waals surface area contributed by atoms with Crippen molar-refractivity contribution in [2.75, 3.05) is 40.3 Å². The van der Waals surface area contributed by atoms with E-state index < -0.39 is 0 Å². The summed E-state index contributed by atoms with van der Waals surface area (Å²) in [6, 6.07) is 11.1. The van der Waals surface area contributed by atoms with Crippen LogP contribution in [0.15, 0.2) is 48.8 Å². The lowest BCUT2D eigenvalue weighted by atomic mass is 10.0. The summed E-state index contributed by atoms with van der Waals surface area (Å²) in [5.74, 6) is 0.870. The molecule has 0 radical (unpaired) electrons. The van der Waals surface area contributed by atoms with Crippen LogP contribution in [0.4, 0.5) is 0 Å². The van der Waals surface area contributed by atoms with Crippen LogP contribution in [-0.2, 0) is 4.79 Å². The minimum absolute atomic E-state index is 0.0347. The highest BCUT2D eigenvalue weighted by Crippen LogP contribution is 2.19. The van der Waals surface area contributed by atoms with Crippen LogP contribution in [0.25, 0.3) is 0 Å². The van der Waals surface area contributed by atoms with Crippen molar-refractivity contribution in [2.24, 2.45) is 0 Å². The molecule has 1 fully saturated rings. The van der Waals surface area contributed by atoms with Gasteiger partial charge in [0.05, 0.1) is 0 Å². The Hall–Kier alpha value is -2.15. The van der Waals surface area contributed by atoms with E-state index in [4.69, 9.17) is 16.3 Å². The van der Waals surface area contributed by atoms with E-state index in [1.165, 1.54) is 0 Å². The number of nitrogens with zero attached hydrogens (tertiary/aromatic N) is 3. The normalized spacial score (nSPS) is 16.6. The van der Waals surface area contributed by atoms with Gasteiger partial charge in [0.25, 0.3) is 0 Å². The molecule has 1 aromatic carbocycles. The van der Waals surface area contributed by atoms with Crippen molar-refractivity contribution >= 4 is 17.5 Å². The highest BCUT2D eigenvalue weighted by Gasteiger charge is 2.27. The molecular weight excluding hydrogens is 388 g/mol. The van der Waals surface area contributed by atoms with E-state index in [0.29, 0.717) is 11.6 Å². The number of pyridine rings is 1. The van der Waals surface area contributed by atoms with E-state index >= 15 is 0 Å². The van der Waals surface area contributed by atoms with E-state index in [9.17, 15) is 4.79 Å². The van der Waals surface area contributed by atoms with Gasteiger partial charge in [-0.1, -0.05) is 17.7 Å². The number of aromatic nitrogens is 1. The summed E-state index contributed by atoms with van der Waals surface area (Å²) in [5, 5.41) is 3.94. The van der Waals surface area contributed by atoms with Crippen LogP contribution < -0.4 is 10.1 Å². The van der Waals surface area contributed by atoms with Crippen molar-refractivity contribution in [1.82, 2.24) is 20.1 Å². The molecule has 1 saturated heterocycles. The zero-order chi connectivity index (χ0) is 20.6. The van der Waals surface area contributed by atoms with Crippen LogP contribution in [0.3, 0.4) is 0 Å². The third kappa shape index (κ3) is 6.42. The Morgan fingerprint density at radius 1 is 1.28 bits per heavy atom. The van der Waals surface area contributed by atoms with Gasteiger partial charge in [-0.05, 0) is 62.8 Å². The number of hydrogen-bond acceptors (Lipinski definition) is 5. The largest absolute Gasteiger partial charge is 0.492 e. The number of carbonyl (C=O) groups is 1. The number of likely N-dealkylation sites (tertiary alicyclic amines) is 1. The number of amides is 1. The average Bonchev–Trinajstić information content (AvgIpc) is 2.71. The number of likely N-dealkylation sites (N-methyl/N-ethyl adjacent to an activating group) is 1. The number of hydrogen-bond donors (Lipinski definition) is 1. The summed E-state index contributed by atoms with van der Waals surface area (Å²) in [6.07, 6.45) is 5.37. The highest BCUT2D eigenvalue weighted by atomic mass is 35.5. The van der Waals surface area contributed by atoms with Crippen LogP contribution >= 0.6 is 11.6 Å². The minimum atomic E-state index is -0.325. The quantitative estimate of drug-likeness (QED) is 0.716. The predicted molar refractivity (Wildman–Crippen MR) is 115 cm³/mol. The predicted octanol–water partition coefficient (Wildman–Crippen LogP) is 3.00. The van der Waals surface area contributed by atoms with Crippen LogP contribution in [0.2, 0.25) is 5.02 Å². The van der Waals surface area contributed by atoms with Crippen LogP contribution in [0.1, 0.15) is 24.4 Å². The van der Waals surface area contributed by atoms with E-state index in [-0.39, 0.29) is 18.0 Å². The lowest BCUT2D eigenvalue weighted by Gasteiger charge is -2.33. The lowest BCUT2D eigenvalue weighted by molar-refractivity contribution is -0.126. The Balaban J connectivity index is 1.41. The van der Waals surface area contributed by atoms with Crippen molar-refractivity contribution in [2.45, 2.75) is 24.9 Å². The number of carbonyl (C=O) groups excluding carboxylic acids is 1. The first-order chi connectivity index (χ1) is 14.0. The number of rotatable bonds is 8. The topological polar surface area (TPSA) is 57.7 Å². The summed E-state index contributed by atoms with van der Waals surface area (Å²) in [7, 11) is 3.83. The van der Waals surface area contributed by atoms with Crippen molar-refractivity contribution in [3.8, 4) is 5.75 Å². The molecule has 0 saturated carbocycles. The van der Waals surface area contributed by atoms with E-state index in [1.54, 1.807) is 12.4 Å². The summed E-state index contributed by atoms with van der Waals surface area (Å²) in [5.41, 5.74) is 0.909. The van der Waals surface area contributed by atoms with Crippen molar-refractivity contribution in [1.29, 1.82) is 0 Å². The second-order valence-corrected chi connectivity index (χ2v) is 8.02. The lowest BCUT2D eigenvalue weighted by Crippen LogP contribution is -2.48. The second-order valence-electron chi connectivity index (χ2n) is 7.58. The molecule has 29 heavy (non-hydrogen) atoms. The maximum atomic E-state index is 12.9. The summed E-state index contributed by atoms with van der Waals surface area (Å²) < 4.78 is 5.78. The Bertz CT molecular complexity index is 762. The Morgan fingerprint density at radius 3 is 2.62 bits per heavy atom. The molecule has 2 aromatic rings. The maximum Gasteiger partial charge on any atom is 0.242 e. The molecule has 156 valence electrons. The minimum Gasteiger partial charge on any atom is -0.492 e. The Morgan fingerprint density at radius 2 is 2.00 bits per heavy atom. The summed E-state index contributed by atoms with van der Waals surface area (Å²) in [6.45, 7) is 3.42. The van der Waals surface area contributed by atoms with E-state index in [0.717, 1.165) is 43.8 Å². The molecule has 1 N–H and O–H groups in total. The third-order valence-corrected chi connectivity index (χ3v) is 5.44. The van der Waals surface area contributed by atoms with E-state index in [2.05, 4.69) is 15.2 Å². The number of nitrogens with one attached hydrogen (secondary N) is 1. The van der Waals surface area contributed by atoms with Crippen LogP contribution in [-0.4, -0.2) is 67.1 Å². The Labute approximate surface area is 177 Å². The van der Waals surface area contributed by atoms with Crippen LogP contribution in [0.5, 0.6) is 5.75 Å². The van der Waals surface area contributed by atoms with Gasteiger partial charge in [-0.3, -0.25) is 19.6 Å². The van der Waals surface area contributed by atoms with E-state index in [1.807, 2.05) is 55.4 Å². The van der Waals surface area contributed by atoms with Gasteiger partial charge in [-0.25, -0.2) is 0 Å². The molecule has 0 spiro atoms. The number of ether oxygens (including phenoxy) is 1. The smallest absolute Gasteiger partial charge is 0.242 e. The molecule has 0 unspecified atom stereocenters. The van der Waals surface area contributed by atoms with Crippen molar-refractivity contribution < 1.29 is 9.53 Å². The van der Waals surface area contributed by atoms with Gasteiger partial charge in [0.15, 0.2) is 0 Å². The third-order valence-electron chi connectivity index (χ3n) is 5.19.